The third kappa shape index (κ3) is 2.99. The third-order valence-corrected chi connectivity index (χ3v) is 4.39. The van der Waals surface area contributed by atoms with Crippen molar-refractivity contribution in [1.29, 1.82) is 0 Å². The zero-order chi connectivity index (χ0) is 14.7. The standard InChI is InChI=1S/C19H21NO/c1-19(14-16-8-4-2-5-9-16)12-13-20(18(19)21)15-17-10-6-3-7-11-17/h2-11H,12-15H2,1H3/t19-/m1/s1. The second-order valence-corrected chi connectivity index (χ2v) is 6.19. The van der Waals surface area contributed by atoms with Crippen LogP contribution in [0.2, 0.25) is 0 Å². The van der Waals surface area contributed by atoms with Gasteiger partial charge in [0.25, 0.3) is 0 Å². The average Bonchev–Trinajstić information content (AvgIpc) is 2.78. The molecule has 108 valence electrons. The minimum atomic E-state index is -0.254. The first kappa shape index (κ1) is 13.9. The van der Waals surface area contributed by atoms with E-state index in [4.69, 9.17) is 0 Å². The minimum Gasteiger partial charge on any atom is -0.338 e. The van der Waals surface area contributed by atoms with Crippen LogP contribution in [0.4, 0.5) is 0 Å². The maximum Gasteiger partial charge on any atom is 0.229 e. The summed E-state index contributed by atoms with van der Waals surface area (Å²) in [6, 6.07) is 20.5. The van der Waals surface area contributed by atoms with Crippen LogP contribution >= 0.6 is 0 Å². The van der Waals surface area contributed by atoms with E-state index in [-0.39, 0.29) is 11.3 Å². The van der Waals surface area contributed by atoms with Crippen molar-refractivity contribution in [3.05, 3.63) is 71.8 Å². The van der Waals surface area contributed by atoms with Crippen molar-refractivity contribution in [3.8, 4) is 0 Å². The fourth-order valence-electron chi connectivity index (χ4n) is 3.14. The topological polar surface area (TPSA) is 20.3 Å². The molecule has 1 heterocycles. The highest BCUT2D eigenvalue weighted by molar-refractivity contribution is 5.84. The number of rotatable bonds is 4. The highest BCUT2D eigenvalue weighted by Crippen LogP contribution is 2.35. The summed E-state index contributed by atoms with van der Waals surface area (Å²) in [5.74, 6) is 0.287. The zero-order valence-electron chi connectivity index (χ0n) is 12.5. The first-order valence-electron chi connectivity index (χ1n) is 7.55. The quantitative estimate of drug-likeness (QED) is 0.836. The molecule has 1 aliphatic rings. The molecule has 21 heavy (non-hydrogen) atoms. The zero-order valence-corrected chi connectivity index (χ0v) is 12.5. The molecule has 0 unspecified atom stereocenters. The summed E-state index contributed by atoms with van der Waals surface area (Å²) in [5.41, 5.74) is 2.19. The Bertz CT molecular complexity index is 608. The van der Waals surface area contributed by atoms with Crippen LogP contribution in [0.3, 0.4) is 0 Å². The van der Waals surface area contributed by atoms with E-state index in [9.17, 15) is 4.79 Å². The van der Waals surface area contributed by atoms with E-state index >= 15 is 0 Å². The largest absolute Gasteiger partial charge is 0.338 e. The summed E-state index contributed by atoms with van der Waals surface area (Å²) < 4.78 is 0. The monoisotopic (exact) mass is 279 g/mol. The predicted molar refractivity (Wildman–Crippen MR) is 84.7 cm³/mol. The number of amides is 1. The van der Waals surface area contributed by atoms with E-state index in [0.717, 1.165) is 25.9 Å². The molecule has 1 fully saturated rings. The van der Waals surface area contributed by atoms with Gasteiger partial charge in [-0.1, -0.05) is 67.6 Å². The van der Waals surface area contributed by atoms with Crippen molar-refractivity contribution in [1.82, 2.24) is 4.90 Å². The minimum absolute atomic E-state index is 0.254. The van der Waals surface area contributed by atoms with E-state index < -0.39 is 0 Å². The molecule has 0 N–H and O–H groups in total. The van der Waals surface area contributed by atoms with Gasteiger partial charge in [-0.3, -0.25) is 4.79 Å². The molecule has 1 atom stereocenters. The lowest BCUT2D eigenvalue weighted by Gasteiger charge is -2.23. The molecular formula is C19H21NO. The Balaban J connectivity index is 1.71. The first-order chi connectivity index (χ1) is 10.2. The maximum absolute atomic E-state index is 12.8. The number of likely N-dealkylation sites (tertiary alicyclic amines) is 1. The molecule has 0 spiro atoms. The van der Waals surface area contributed by atoms with Crippen molar-refractivity contribution >= 4 is 5.91 Å². The van der Waals surface area contributed by atoms with Gasteiger partial charge in [-0.25, -0.2) is 0 Å². The number of hydrogen-bond donors (Lipinski definition) is 0. The van der Waals surface area contributed by atoms with Gasteiger partial charge in [0, 0.05) is 13.1 Å². The van der Waals surface area contributed by atoms with Crippen molar-refractivity contribution < 1.29 is 4.79 Å². The normalized spacial score (nSPS) is 21.8. The van der Waals surface area contributed by atoms with Gasteiger partial charge in [-0.2, -0.15) is 0 Å². The number of carbonyl (C=O) groups is 1. The predicted octanol–water partition coefficient (Wildman–Crippen LogP) is 3.67. The molecule has 0 aromatic heterocycles. The Morgan fingerprint density at radius 1 is 0.952 bits per heavy atom. The van der Waals surface area contributed by atoms with Crippen LogP contribution in [0.15, 0.2) is 60.7 Å². The molecule has 1 saturated heterocycles. The van der Waals surface area contributed by atoms with Gasteiger partial charge in [-0.15, -0.1) is 0 Å². The van der Waals surface area contributed by atoms with Crippen LogP contribution in [0.5, 0.6) is 0 Å². The second kappa shape index (κ2) is 5.72. The van der Waals surface area contributed by atoms with Crippen LogP contribution in [0, 0.1) is 5.41 Å². The molecule has 0 bridgehead atoms. The van der Waals surface area contributed by atoms with Gasteiger partial charge in [0.1, 0.15) is 0 Å². The van der Waals surface area contributed by atoms with E-state index in [1.165, 1.54) is 11.1 Å². The van der Waals surface area contributed by atoms with Crippen molar-refractivity contribution in [2.24, 2.45) is 5.41 Å². The number of nitrogens with zero attached hydrogens (tertiary/aromatic N) is 1. The Hall–Kier alpha value is -2.09. The highest BCUT2D eigenvalue weighted by Gasteiger charge is 2.42. The lowest BCUT2D eigenvalue weighted by molar-refractivity contribution is -0.135. The van der Waals surface area contributed by atoms with E-state index in [2.05, 4.69) is 31.2 Å². The van der Waals surface area contributed by atoms with Gasteiger partial charge < -0.3 is 4.90 Å². The van der Waals surface area contributed by atoms with Gasteiger partial charge in [0.15, 0.2) is 0 Å². The Morgan fingerprint density at radius 3 is 2.14 bits per heavy atom. The summed E-state index contributed by atoms with van der Waals surface area (Å²) in [4.78, 5) is 14.8. The van der Waals surface area contributed by atoms with Gasteiger partial charge >= 0.3 is 0 Å². The Kier molecular flexibility index (Phi) is 3.78. The van der Waals surface area contributed by atoms with Crippen molar-refractivity contribution in [2.75, 3.05) is 6.54 Å². The first-order valence-corrected chi connectivity index (χ1v) is 7.55. The molecule has 3 rings (SSSR count). The smallest absolute Gasteiger partial charge is 0.229 e. The van der Waals surface area contributed by atoms with E-state index in [0.29, 0.717) is 0 Å². The number of benzene rings is 2. The molecule has 1 aliphatic heterocycles. The summed E-state index contributed by atoms with van der Waals surface area (Å²) >= 11 is 0. The maximum atomic E-state index is 12.8. The summed E-state index contributed by atoms with van der Waals surface area (Å²) in [6.07, 6.45) is 1.77. The van der Waals surface area contributed by atoms with Gasteiger partial charge in [0.2, 0.25) is 5.91 Å². The molecular weight excluding hydrogens is 258 g/mol. The molecule has 0 aliphatic carbocycles. The molecule has 1 amide bonds. The lowest BCUT2D eigenvalue weighted by Crippen LogP contribution is -2.33. The summed E-state index contributed by atoms with van der Waals surface area (Å²) in [5, 5.41) is 0. The summed E-state index contributed by atoms with van der Waals surface area (Å²) in [7, 11) is 0. The lowest BCUT2D eigenvalue weighted by atomic mass is 9.82. The van der Waals surface area contributed by atoms with Crippen molar-refractivity contribution in [3.63, 3.8) is 0 Å². The number of hydrogen-bond acceptors (Lipinski definition) is 1. The Morgan fingerprint density at radius 2 is 1.52 bits per heavy atom. The van der Waals surface area contributed by atoms with Crippen LogP contribution in [0.1, 0.15) is 24.5 Å². The SMILES string of the molecule is C[C@]1(Cc2ccccc2)CCN(Cc2ccccc2)C1=O. The van der Waals surface area contributed by atoms with Crippen LogP contribution in [0.25, 0.3) is 0 Å². The van der Waals surface area contributed by atoms with Crippen molar-refractivity contribution in [2.45, 2.75) is 26.3 Å². The Labute approximate surface area is 126 Å². The number of carbonyl (C=O) groups excluding carboxylic acids is 1. The highest BCUT2D eigenvalue weighted by atomic mass is 16.2. The van der Waals surface area contributed by atoms with Gasteiger partial charge in [-0.05, 0) is 24.0 Å². The van der Waals surface area contributed by atoms with Crippen LogP contribution in [-0.2, 0) is 17.8 Å². The van der Waals surface area contributed by atoms with Crippen LogP contribution < -0.4 is 0 Å². The molecule has 0 radical (unpaired) electrons. The molecule has 2 nitrogen and oxygen atoms in total. The third-order valence-electron chi connectivity index (χ3n) is 4.39. The van der Waals surface area contributed by atoms with E-state index in [1.807, 2.05) is 41.3 Å². The molecule has 0 saturated carbocycles. The fraction of sp³-hybridized carbons (Fsp3) is 0.316. The molecule has 2 aromatic rings. The summed E-state index contributed by atoms with van der Waals surface area (Å²) in [6.45, 7) is 3.69. The fourth-order valence-corrected chi connectivity index (χ4v) is 3.14. The van der Waals surface area contributed by atoms with Crippen LogP contribution in [-0.4, -0.2) is 17.4 Å². The average molecular weight is 279 g/mol. The van der Waals surface area contributed by atoms with E-state index in [1.54, 1.807) is 0 Å². The molecule has 2 aromatic carbocycles. The molecule has 2 heteroatoms. The second-order valence-electron chi connectivity index (χ2n) is 6.19. The van der Waals surface area contributed by atoms with Gasteiger partial charge in [0.05, 0.1) is 5.41 Å².